The first-order chi connectivity index (χ1) is 13.1. The van der Waals surface area contributed by atoms with Crippen molar-refractivity contribution < 1.29 is 10.0 Å². The predicted molar refractivity (Wildman–Crippen MR) is 104 cm³/mol. The molecule has 1 aromatic carbocycles. The standard InChI is InChI=1S/C18H23N7O2/c19-17(22-23-20)12-24(18(26)9-6-13-4-2-1-3-5-13)15-7-8-16-14(10-15)11-21-25(16)27/h2,4-5,7-8,10-11,23,27H,1,3,6,9,12,20H2,(H2,19,22). The number of hydrazine groups is 1. The summed E-state index contributed by atoms with van der Waals surface area (Å²) in [6.07, 6.45) is 10.9. The Morgan fingerprint density at radius 1 is 1.41 bits per heavy atom. The van der Waals surface area contributed by atoms with Gasteiger partial charge in [0.1, 0.15) is 11.4 Å². The first kappa shape index (κ1) is 18.5. The van der Waals surface area contributed by atoms with Crippen molar-refractivity contribution in [3.05, 3.63) is 48.2 Å². The van der Waals surface area contributed by atoms with Gasteiger partial charge >= 0.3 is 0 Å². The third-order valence-corrected chi connectivity index (χ3v) is 4.37. The van der Waals surface area contributed by atoms with Gasteiger partial charge in [-0.1, -0.05) is 23.8 Å². The molecule has 0 atom stereocenters. The third kappa shape index (κ3) is 4.45. The van der Waals surface area contributed by atoms with Crippen LogP contribution in [0.3, 0.4) is 0 Å². The number of anilines is 1. The van der Waals surface area contributed by atoms with Crippen molar-refractivity contribution in [2.24, 2.45) is 16.7 Å². The molecule has 1 aliphatic rings. The third-order valence-electron chi connectivity index (χ3n) is 4.37. The van der Waals surface area contributed by atoms with Crippen LogP contribution in [0.1, 0.15) is 25.7 Å². The molecule has 0 saturated heterocycles. The van der Waals surface area contributed by atoms with Gasteiger partial charge in [-0.2, -0.15) is 5.10 Å². The van der Waals surface area contributed by atoms with Crippen LogP contribution in [0.2, 0.25) is 0 Å². The largest absolute Gasteiger partial charge is 0.411 e. The molecule has 1 heterocycles. The topological polar surface area (TPSA) is 135 Å². The van der Waals surface area contributed by atoms with E-state index in [0.29, 0.717) is 29.4 Å². The zero-order valence-electron chi connectivity index (χ0n) is 14.9. The number of allylic oxidation sites excluding steroid dienone is 4. The van der Waals surface area contributed by atoms with Gasteiger partial charge in [0.2, 0.25) is 5.91 Å². The highest BCUT2D eigenvalue weighted by molar-refractivity contribution is 6.01. The molecule has 6 N–H and O–H groups in total. The average molecular weight is 369 g/mol. The minimum atomic E-state index is -0.0826. The summed E-state index contributed by atoms with van der Waals surface area (Å²) in [6, 6.07) is 5.20. The lowest BCUT2D eigenvalue weighted by Gasteiger charge is -2.23. The van der Waals surface area contributed by atoms with Gasteiger partial charge < -0.3 is 15.8 Å². The molecule has 0 spiro atoms. The molecule has 0 aliphatic heterocycles. The highest BCUT2D eigenvalue weighted by Gasteiger charge is 2.18. The van der Waals surface area contributed by atoms with Crippen molar-refractivity contribution in [3.63, 3.8) is 0 Å². The van der Waals surface area contributed by atoms with E-state index in [1.165, 1.54) is 6.20 Å². The van der Waals surface area contributed by atoms with Crippen LogP contribution in [0, 0.1) is 0 Å². The number of amides is 1. The van der Waals surface area contributed by atoms with Crippen molar-refractivity contribution in [3.8, 4) is 0 Å². The lowest BCUT2D eigenvalue weighted by atomic mass is 10.0. The molecule has 27 heavy (non-hydrogen) atoms. The molecule has 9 nitrogen and oxygen atoms in total. The second-order valence-corrected chi connectivity index (χ2v) is 6.25. The zero-order valence-corrected chi connectivity index (χ0v) is 14.9. The SMILES string of the molecule is NN/N=C(\N)CN(C(=O)CCC1=CCCC=C1)c1ccc2c(cnn2O)c1. The van der Waals surface area contributed by atoms with E-state index in [1.807, 2.05) is 0 Å². The summed E-state index contributed by atoms with van der Waals surface area (Å²) in [4.78, 5) is 15.3. The molecule has 9 heteroatoms. The maximum absolute atomic E-state index is 12.9. The molecular weight excluding hydrogens is 346 g/mol. The summed E-state index contributed by atoms with van der Waals surface area (Å²) in [5, 5.41) is 17.9. The van der Waals surface area contributed by atoms with Crippen molar-refractivity contribution in [2.45, 2.75) is 25.7 Å². The van der Waals surface area contributed by atoms with Crippen molar-refractivity contribution in [2.75, 3.05) is 11.4 Å². The van der Waals surface area contributed by atoms with E-state index in [-0.39, 0.29) is 18.3 Å². The fraction of sp³-hybridized carbons (Fsp3) is 0.278. The minimum Gasteiger partial charge on any atom is -0.411 e. The lowest BCUT2D eigenvalue weighted by molar-refractivity contribution is -0.118. The van der Waals surface area contributed by atoms with Gasteiger partial charge in [-0.3, -0.25) is 4.79 Å². The van der Waals surface area contributed by atoms with Gasteiger partial charge in [0, 0.05) is 17.5 Å². The smallest absolute Gasteiger partial charge is 0.227 e. The molecule has 0 unspecified atom stereocenters. The van der Waals surface area contributed by atoms with E-state index >= 15 is 0 Å². The molecule has 1 aromatic heterocycles. The van der Waals surface area contributed by atoms with Crippen LogP contribution < -0.4 is 22.0 Å². The van der Waals surface area contributed by atoms with Crippen LogP contribution in [0.5, 0.6) is 0 Å². The lowest BCUT2D eigenvalue weighted by Crippen LogP contribution is -2.40. The number of nitrogens with one attached hydrogen (secondary N) is 1. The number of carbonyl (C=O) groups is 1. The Hall–Kier alpha value is -3.33. The molecule has 142 valence electrons. The molecule has 2 aromatic rings. The second kappa shape index (κ2) is 8.37. The fourth-order valence-electron chi connectivity index (χ4n) is 3.02. The molecule has 0 saturated carbocycles. The summed E-state index contributed by atoms with van der Waals surface area (Å²) in [5.74, 6) is 5.28. The van der Waals surface area contributed by atoms with Crippen LogP contribution in [0.25, 0.3) is 10.9 Å². The van der Waals surface area contributed by atoms with Gasteiger partial charge in [0.05, 0.1) is 12.7 Å². The van der Waals surface area contributed by atoms with Crippen LogP contribution in [-0.4, -0.2) is 33.4 Å². The summed E-state index contributed by atoms with van der Waals surface area (Å²) >= 11 is 0. The molecular formula is C18H23N7O2. The number of nitrogens with two attached hydrogens (primary N) is 2. The Balaban J connectivity index is 1.82. The molecule has 0 bridgehead atoms. The summed E-state index contributed by atoms with van der Waals surface area (Å²) in [6.45, 7) is 0.0939. The number of hydrogen-bond acceptors (Lipinski definition) is 6. The van der Waals surface area contributed by atoms with E-state index in [9.17, 15) is 10.0 Å². The average Bonchev–Trinajstić information content (AvgIpc) is 3.05. The number of carbonyl (C=O) groups excluding carboxylic acids is 1. The minimum absolute atomic E-state index is 0.0826. The summed E-state index contributed by atoms with van der Waals surface area (Å²) < 4.78 is 0. The second-order valence-electron chi connectivity index (χ2n) is 6.25. The number of nitrogens with zero attached hydrogens (tertiary/aromatic N) is 4. The van der Waals surface area contributed by atoms with Crippen LogP contribution >= 0.6 is 0 Å². The number of rotatable bonds is 7. The molecule has 1 aliphatic carbocycles. The Kier molecular flexibility index (Phi) is 5.72. The first-order valence-corrected chi connectivity index (χ1v) is 8.69. The molecule has 0 radical (unpaired) electrons. The number of hydrogen-bond donors (Lipinski definition) is 4. The van der Waals surface area contributed by atoms with E-state index in [4.69, 9.17) is 11.6 Å². The van der Waals surface area contributed by atoms with Gasteiger partial charge in [0.15, 0.2) is 0 Å². The van der Waals surface area contributed by atoms with Gasteiger partial charge in [-0.25, -0.2) is 11.4 Å². The number of benzene rings is 1. The van der Waals surface area contributed by atoms with Gasteiger partial charge in [-0.05, 0) is 37.5 Å². The molecule has 3 rings (SSSR count). The normalized spacial score (nSPS) is 14.3. The maximum atomic E-state index is 12.9. The van der Waals surface area contributed by atoms with Crippen molar-refractivity contribution in [1.82, 2.24) is 15.5 Å². The number of amidine groups is 1. The maximum Gasteiger partial charge on any atom is 0.227 e. The van der Waals surface area contributed by atoms with E-state index < -0.39 is 0 Å². The number of fused-ring (bicyclic) bond motifs is 1. The van der Waals surface area contributed by atoms with Crippen LogP contribution in [0.4, 0.5) is 5.69 Å². The van der Waals surface area contributed by atoms with Crippen LogP contribution in [-0.2, 0) is 4.79 Å². The highest BCUT2D eigenvalue weighted by atomic mass is 16.5. The van der Waals surface area contributed by atoms with Gasteiger partial charge in [-0.15, -0.1) is 9.94 Å². The fourth-order valence-corrected chi connectivity index (χ4v) is 3.02. The zero-order chi connectivity index (χ0) is 19.2. The monoisotopic (exact) mass is 369 g/mol. The van der Waals surface area contributed by atoms with Crippen LogP contribution in [0.15, 0.2) is 53.3 Å². The quantitative estimate of drug-likeness (QED) is 0.192. The number of aromatic nitrogens is 2. The highest BCUT2D eigenvalue weighted by Crippen LogP contribution is 2.23. The van der Waals surface area contributed by atoms with E-state index in [1.54, 1.807) is 23.1 Å². The first-order valence-electron chi connectivity index (χ1n) is 8.69. The number of hydrazone groups is 1. The van der Waals surface area contributed by atoms with Crippen molar-refractivity contribution >= 4 is 28.3 Å². The summed E-state index contributed by atoms with van der Waals surface area (Å²) in [7, 11) is 0. The summed E-state index contributed by atoms with van der Waals surface area (Å²) in [5.41, 5.74) is 10.3. The van der Waals surface area contributed by atoms with Crippen molar-refractivity contribution in [1.29, 1.82) is 0 Å². The Labute approximate surface area is 156 Å². The Morgan fingerprint density at radius 3 is 3.00 bits per heavy atom. The van der Waals surface area contributed by atoms with Gasteiger partial charge in [0.25, 0.3) is 0 Å². The van der Waals surface area contributed by atoms with E-state index in [2.05, 4.69) is 34.0 Å². The molecule has 0 fully saturated rings. The predicted octanol–water partition coefficient (Wildman–Crippen LogP) is 1.40. The Morgan fingerprint density at radius 2 is 2.26 bits per heavy atom. The van der Waals surface area contributed by atoms with E-state index in [0.717, 1.165) is 23.3 Å². The Bertz CT molecular complexity index is 914. The molecule has 1 amide bonds.